The van der Waals surface area contributed by atoms with Gasteiger partial charge in [-0.3, -0.25) is 19.6 Å². The van der Waals surface area contributed by atoms with Gasteiger partial charge in [-0.2, -0.15) is 5.26 Å². The molecule has 3 rings (SSSR count). The lowest BCUT2D eigenvalue weighted by molar-refractivity contribution is -0.274. The molecule has 2 heterocycles. The van der Waals surface area contributed by atoms with Crippen molar-refractivity contribution in [1.29, 1.82) is 5.26 Å². The summed E-state index contributed by atoms with van der Waals surface area (Å²) in [7, 11) is 1.49. The van der Waals surface area contributed by atoms with E-state index in [4.69, 9.17) is 5.26 Å². The number of halogens is 4. The molecule has 0 aliphatic rings. The van der Waals surface area contributed by atoms with E-state index in [0.29, 0.717) is 16.4 Å². The van der Waals surface area contributed by atoms with E-state index in [0.717, 1.165) is 23.5 Å². The Hall–Kier alpha value is -3.57. The van der Waals surface area contributed by atoms with Crippen LogP contribution in [0.2, 0.25) is 0 Å². The highest BCUT2D eigenvalue weighted by Gasteiger charge is 2.31. The highest BCUT2D eigenvalue weighted by atomic mass is 79.9. The minimum atomic E-state index is -4.91. The largest absolute Gasteiger partial charge is 0.573 e. The van der Waals surface area contributed by atoms with Crippen LogP contribution in [0.3, 0.4) is 0 Å². The minimum Gasteiger partial charge on any atom is -0.406 e. The van der Waals surface area contributed by atoms with E-state index in [9.17, 15) is 22.8 Å². The Bertz CT molecular complexity index is 1290. The summed E-state index contributed by atoms with van der Waals surface area (Å²) in [6.07, 6.45) is -0.710. The maximum atomic E-state index is 12.8. The zero-order valence-electron chi connectivity index (χ0n) is 18.1. The molecule has 1 atom stereocenters. The van der Waals surface area contributed by atoms with Crippen LogP contribution in [0, 0.1) is 11.3 Å². The topological polar surface area (TPSA) is 121 Å². The lowest BCUT2D eigenvalue weighted by atomic mass is 10.1. The van der Waals surface area contributed by atoms with Crippen LogP contribution in [0.1, 0.15) is 38.7 Å². The summed E-state index contributed by atoms with van der Waals surface area (Å²) < 4.78 is 41.9. The molecule has 14 heteroatoms. The third-order valence-electron chi connectivity index (χ3n) is 4.42. The van der Waals surface area contributed by atoms with Crippen LogP contribution in [0.4, 0.5) is 13.2 Å². The summed E-state index contributed by atoms with van der Waals surface area (Å²) in [5, 5.41) is 11.8. The normalized spacial score (nSPS) is 11.9. The van der Waals surface area contributed by atoms with Gasteiger partial charge in [0.25, 0.3) is 11.8 Å². The number of carbonyl (C=O) groups is 2. The smallest absolute Gasteiger partial charge is 0.406 e. The highest BCUT2D eigenvalue weighted by Crippen LogP contribution is 2.30. The number of hydrogen-bond acceptors (Lipinski definition) is 8. The lowest BCUT2D eigenvalue weighted by Crippen LogP contribution is -2.28. The molecular weight excluding hydrogens is 553 g/mol. The van der Waals surface area contributed by atoms with Gasteiger partial charge in [0, 0.05) is 29.5 Å². The molecule has 0 aliphatic carbocycles. The zero-order valence-corrected chi connectivity index (χ0v) is 20.5. The second-order valence-corrected chi connectivity index (χ2v) is 9.00. The molecule has 0 spiro atoms. The number of amides is 2. The Labute approximate surface area is 209 Å². The number of hydrogen-bond donors (Lipinski definition) is 1. The fraction of sp³-hybridized carbons (Fsp3) is 0.238. The first-order valence-electron chi connectivity index (χ1n) is 9.75. The first-order chi connectivity index (χ1) is 16.5. The second kappa shape index (κ2) is 10.8. The van der Waals surface area contributed by atoms with Crippen molar-refractivity contribution in [2.24, 2.45) is 0 Å². The Kier molecular flexibility index (Phi) is 8.03. The van der Waals surface area contributed by atoms with Crippen LogP contribution >= 0.6 is 27.3 Å². The van der Waals surface area contributed by atoms with Crippen molar-refractivity contribution in [1.82, 2.24) is 25.2 Å². The lowest BCUT2D eigenvalue weighted by Gasteiger charge is -2.16. The molecule has 1 unspecified atom stereocenters. The van der Waals surface area contributed by atoms with Gasteiger partial charge in [0.05, 0.1) is 24.0 Å². The van der Waals surface area contributed by atoms with Crippen molar-refractivity contribution in [3.8, 4) is 22.5 Å². The summed E-state index contributed by atoms with van der Waals surface area (Å²) >= 11 is 4.12. The average Bonchev–Trinajstić information content (AvgIpc) is 3.27. The maximum absolute atomic E-state index is 12.8. The molecule has 0 fully saturated rings. The van der Waals surface area contributed by atoms with Crippen molar-refractivity contribution in [3.05, 3.63) is 57.4 Å². The molecule has 35 heavy (non-hydrogen) atoms. The van der Waals surface area contributed by atoms with E-state index in [-0.39, 0.29) is 27.4 Å². The van der Waals surface area contributed by atoms with E-state index < -0.39 is 24.1 Å². The van der Waals surface area contributed by atoms with Crippen LogP contribution in [-0.2, 0) is 0 Å². The Morgan fingerprint density at radius 1 is 1.26 bits per heavy atom. The molecular formula is C21H16BrF3N6O3S. The van der Waals surface area contributed by atoms with Crippen LogP contribution in [-0.4, -0.2) is 51.6 Å². The number of carbonyl (C=O) groups excluding carboxylic acids is 2. The SMILES string of the molecule is CC(NC(=O)c1cc(Br)cc(OC(F)(F)F)c1)c1nccnc1-c1ncc(C(=O)N(C)CC#N)s1. The van der Waals surface area contributed by atoms with Crippen LogP contribution < -0.4 is 10.1 Å². The van der Waals surface area contributed by atoms with Gasteiger partial charge in [-0.15, -0.1) is 24.5 Å². The third-order valence-corrected chi connectivity index (χ3v) is 5.87. The molecule has 2 aromatic heterocycles. The van der Waals surface area contributed by atoms with Crippen molar-refractivity contribution >= 4 is 39.1 Å². The van der Waals surface area contributed by atoms with Gasteiger partial charge >= 0.3 is 6.36 Å². The van der Waals surface area contributed by atoms with Gasteiger partial charge in [0.15, 0.2) is 0 Å². The number of aromatic nitrogens is 3. The van der Waals surface area contributed by atoms with Crippen LogP contribution in [0.25, 0.3) is 10.7 Å². The fourth-order valence-corrected chi connectivity index (χ4v) is 4.30. The number of ether oxygens (including phenoxy) is 1. The molecule has 1 aromatic carbocycles. The first kappa shape index (κ1) is 26.0. The number of nitrogens with one attached hydrogen (secondary N) is 1. The minimum absolute atomic E-state index is 0.0708. The van der Waals surface area contributed by atoms with Gasteiger partial charge in [-0.05, 0) is 25.1 Å². The third kappa shape index (κ3) is 6.74. The zero-order chi connectivity index (χ0) is 25.8. The molecule has 2 amide bonds. The molecule has 1 N–H and O–H groups in total. The van der Waals surface area contributed by atoms with Crippen LogP contribution in [0.5, 0.6) is 5.75 Å². The molecule has 9 nitrogen and oxygen atoms in total. The predicted molar refractivity (Wildman–Crippen MR) is 122 cm³/mol. The quantitative estimate of drug-likeness (QED) is 0.420. The van der Waals surface area contributed by atoms with Gasteiger partial charge in [0.2, 0.25) is 0 Å². The Morgan fingerprint density at radius 2 is 1.97 bits per heavy atom. The average molecular weight is 569 g/mol. The molecule has 0 radical (unpaired) electrons. The molecule has 182 valence electrons. The summed E-state index contributed by atoms with van der Waals surface area (Å²) in [6, 6.07) is 4.57. The van der Waals surface area contributed by atoms with Crippen molar-refractivity contribution in [2.75, 3.05) is 13.6 Å². The van der Waals surface area contributed by atoms with E-state index in [1.807, 2.05) is 6.07 Å². The summed E-state index contributed by atoms with van der Waals surface area (Å²) in [5.74, 6) is -1.60. The first-order valence-corrected chi connectivity index (χ1v) is 11.4. The summed E-state index contributed by atoms with van der Waals surface area (Å²) in [5.41, 5.74) is 0.586. The maximum Gasteiger partial charge on any atom is 0.573 e. The molecule has 0 aliphatic heterocycles. The Morgan fingerprint density at radius 3 is 2.66 bits per heavy atom. The van der Waals surface area contributed by atoms with Crippen molar-refractivity contribution < 1.29 is 27.5 Å². The van der Waals surface area contributed by atoms with E-state index >= 15 is 0 Å². The Balaban J connectivity index is 1.83. The van der Waals surface area contributed by atoms with Crippen molar-refractivity contribution in [2.45, 2.75) is 19.3 Å². The van der Waals surface area contributed by atoms with Crippen LogP contribution in [0.15, 0.2) is 41.3 Å². The standard InChI is InChI=1S/C21H16BrF3N6O3S/c1-11(30-18(32)12-7-13(22)9-14(8-12)34-21(23,24)25)16-17(28-5-4-27-16)19-29-10-15(35-19)20(33)31(2)6-3-26/h4-5,7-11H,6H2,1-2H3,(H,30,32). The number of thiazole rings is 1. The number of rotatable bonds is 7. The fourth-order valence-electron chi connectivity index (χ4n) is 2.91. The van der Waals surface area contributed by atoms with Gasteiger partial charge in [0.1, 0.15) is 27.9 Å². The number of nitriles is 1. The van der Waals surface area contributed by atoms with Gasteiger partial charge in [-0.25, -0.2) is 4.98 Å². The molecule has 0 saturated heterocycles. The number of benzene rings is 1. The van der Waals surface area contributed by atoms with E-state index in [2.05, 4.69) is 40.9 Å². The summed E-state index contributed by atoms with van der Waals surface area (Å²) in [6.45, 7) is 1.54. The predicted octanol–water partition coefficient (Wildman–Crippen LogP) is 4.35. The molecule has 0 saturated carbocycles. The van der Waals surface area contributed by atoms with Gasteiger partial charge < -0.3 is 15.0 Å². The number of nitrogens with zero attached hydrogens (tertiary/aromatic N) is 5. The van der Waals surface area contributed by atoms with Crippen molar-refractivity contribution in [3.63, 3.8) is 0 Å². The van der Waals surface area contributed by atoms with Gasteiger partial charge in [-0.1, -0.05) is 15.9 Å². The number of alkyl halides is 3. The van der Waals surface area contributed by atoms with E-state index in [1.54, 1.807) is 6.92 Å². The molecule has 3 aromatic rings. The van der Waals surface area contributed by atoms with E-state index in [1.165, 1.54) is 36.6 Å². The highest BCUT2D eigenvalue weighted by molar-refractivity contribution is 9.10. The summed E-state index contributed by atoms with van der Waals surface area (Å²) in [4.78, 5) is 39.5. The molecule has 0 bridgehead atoms. The monoisotopic (exact) mass is 568 g/mol. The second-order valence-electron chi connectivity index (χ2n) is 7.06.